The van der Waals surface area contributed by atoms with Crippen LogP contribution in [-0.4, -0.2) is 29.4 Å². The molecule has 1 fully saturated rings. The highest BCUT2D eigenvalue weighted by molar-refractivity contribution is 6.03. The summed E-state index contributed by atoms with van der Waals surface area (Å²) in [6.07, 6.45) is 1.43. The molecule has 1 aromatic carbocycles. The Morgan fingerprint density at radius 3 is 2.78 bits per heavy atom. The lowest BCUT2D eigenvalue weighted by Gasteiger charge is -2.41. The van der Waals surface area contributed by atoms with E-state index in [1.165, 1.54) is 36.5 Å². The average molecular weight is 432 g/mol. The van der Waals surface area contributed by atoms with E-state index in [9.17, 15) is 10.1 Å². The fourth-order valence-electron chi connectivity index (χ4n) is 4.37. The number of aromatic nitrogens is 1. The predicted molar refractivity (Wildman–Crippen MR) is 114 cm³/mol. The SMILES string of the molecule is C[C@@H]1OC[C@@]2(c3cc(NC(=O)c4ccc(C#N)cn4)ccc3F)N=C(N)[C@](C)(C#N)C[C@@H]12. The number of halogens is 1. The molecule has 2 aliphatic rings. The molecule has 1 aromatic heterocycles. The minimum atomic E-state index is -1.09. The molecule has 0 spiro atoms. The Labute approximate surface area is 184 Å². The van der Waals surface area contributed by atoms with Crippen LogP contribution in [0.1, 0.15) is 41.9 Å². The number of benzene rings is 1. The van der Waals surface area contributed by atoms with Gasteiger partial charge in [-0.15, -0.1) is 0 Å². The number of amidine groups is 1. The highest BCUT2D eigenvalue weighted by Gasteiger charge is 2.57. The van der Waals surface area contributed by atoms with Crippen molar-refractivity contribution in [3.8, 4) is 12.1 Å². The van der Waals surface area contributed by atoms with E-state index in [1.54, 1.807) is 6.92 Å². The number of carbonyl (C=O) groups excluding carboxylic acids is 1. The van der Waals surface area contributed by atoms with Crippen LogP contribution < -0.4 is 11.1 Å². The number of nitriles is 2. The summed E-state index contributed by atoms with van der Waals surface area (Å²) in [6.45, 7) is 3.71. The van der Waals surface area contributed by atoms with Crippen LogP contribution in [0.2, 0.25) is 0 Å². The second-order valence-electron chi connectivity index (χ2n) is 8.38. The van der Waals surface area contributed by atoms with Crippen molar-refractivity contribution in [1.82, 2.24) is 4.98 Å². The van der Waals surface area contributed by atoms with Crippen molar-refractivity contribution in [2.45, 2.75) is 31.9 Å². The van der Waals surface area contributed by atoms with Crippen molar-refractivity contribution >= 4 is 17.4 Å². The lowest BCUT2D eigenvalue weighted by molar-refractivity contribution is 0.0995. The Hall–Kier alpha value is -3.82. The zero-order valence-corrected chi connectivity index (χ0v) is 17.6. The van der Waals surface area contributed by atoms with Crippen LogP contribution in [0, 0.1) is 39.8 Å². The van der Waals surface area contributed by atoms with Gasteiger partial charge in [-0.05, 0) is 50.6 Å². The smallest absolute Gasteiger partial charge is 0.274 e. The quantitative estimate of drug-likeness (QED) is 0.765. The molecule has 8 nitrogen and oxygen atoms in total. The van der Waals surface area contributed by atoms with Crippen LogP contribution in [0.25, 0.3) is 0 Å². The van der Waals surface area contributed by atoms with Crippen molar-refractivity contribution in [1.29, 1.82) is 10.5 Å². The van der Waals surface area contributed by atoms with Gasteiger partial charge in [0.05, 0.1) is 24.3 Å². The Kier molecular flexibility index (Phi) is 5.15. The Morgan fingerprint density at radius 1 is 1.34 bits per heavy atom. The largest absolute Gasteiger partial charge is 0.386 e. The second kappa shape index (κ2) is 7.70. The summed E-state index contributed by atoms with van der Waals surface area (Å²) in [5.41, 5.74) is 5.18. The number of aliphatic imine (C=N–C) groups is 1. The van der Waals surface area contributed by atoms with Crippen LogP contribution in [0.4, 0.5) is 10.1 Å². The van der Waals surface area contributed by atoms with Gasteiger partial charge in [0.15, 0.2) is 0 Å². The molecule has 0 unspecified atom stereocenters. The van der Waals surface area contributed by atoms with Crippen molar-refractivity contribution in [3.63, 3.8) is 0 Å². The van der Waals surface area contributed by atoms with E-state index in [-0.39, 0.29) is 35.7 Å². The molecule has 0 radical (unpaired) electrons. The summed E-state index contributed by atoms with van der Waals surface area (Å²) in [6, 6.07) is 11.3. The summed E-state index contributed by atoms with van der Waals surface area (Å²) in [4.78, 5) is 21.2. The maximum Gasteiger partial charge on any atom is 0.274 e. The van der Waals surface area contributed by atoms with Crippen molar-refractivity contribution in [2.75, 3.05) is 11.9 Å². The molecule has 162 valence electrons. The lowest BCUT2D eigenvalue weighted by Crippen LogP contribution is -2.49. The number of hydrogen-bond donors (Lipinski definition) is 2. The second-order valence-corrected chi connectivity index (χ2v) is 8.38. The van der Waals surface area contributed by atoms with E-state index in [2.05, 4.69) is 21.4 Å². The van der Waals surface area contributed by atoms with Crippen LogP contribution in [-0.2, 0) is 10.3 Å². The van der Waals surface area contributed by atoms with Gasteiger partial charge in [0.2, 0.25) is 0 Å². The van der Waals surface area contributed by atoms with E-state index in [1.807, 2.05) is 13.0 Å². The van der Waals surface area contributed by atoms with Crippen LogP contribution in [0.15, 0.2) is 41.5 Å². The minimum absolute atomic E-state index is 0.118. The fourth-order valence-corrected chi connectivity index (χ4v) is 4.37. The van der Waals surface area contributed by atoms with Gasteiger partial charge in [0.1, 0.15) is 34.4 Å². The number of pyridine rings is 1. The summed E-state index contributed by atoms with van der Waals surface area (Å²) < 4.78 is 20.9. The van der Waals surface area contributed by atoms with E-state index in [0.717, 1.165) is 0 Å². The molecule has 3 heterocycles. The highest BCUT2D eigenvalue weighted by Crippen LogP contribution is 2.52. The van der Waals surface area contributed by atoms with Crippen LogP contribution in [0.5, 0.6) is 0 Å². The minimum Gasteiger partial charge on any atom is -0.386 e. The normalized spacial score (nSPS) is 28.7. The van der Waals surface area contributed by atoms with E-state index in [0.29, 0.717) is 17.7 Å². The molecule has 32 heavy (non-hydrogen) atoms. The molecule has 0 saturated carbocycles. The van der Waals surface area contributed by atoms with Gasteiger partial charge in [-0.1, -0.05) is 0 Å². The zero-order valence-electron chi connectivity index (χ0n) is 17.6. The molecular formula is C23H21FN6O2. The van der Waals surface area contributed by atoms with Gasteiger partial charge in [0.25, 0.3) is 5.91 Å². The standard InChI is InChI=1S/C23H21FN6O2/c1-13-17-8-22(2,11-26)21(27)30-23(17,12-32-13)16-7-15(4-5-18(16)24)29-20(31)19-6-3-14(9-25)10-28-19/h3-7,10,13,17H,8,12H2,1-2H3,(H2,27,30)(H,29,31)/t13-,17-,22-,23-/m0/s1. The van der Waals surface area contributed by atoms with Gasteiger partial charge in [0, 0.05) is 23.4 Å². The van der Waals surface area contributed by atoms with E-state index >= 15 is 4.39 Å². The first kappa shape index (κ1) is 21.4. The van der Waals surface area contributed by atoms with Crippen molar-refractivity contribution < 1.29 is 13.9 Å². The number of ether oxygens (including phenoxy) is 1. The topological polar surface area (TPSA) is 137 Å². The van der Waals surface area contributed by atoms with Gasteiger partial charge < -0.3 is 15.8 Å². The van der Waals surface area contributed by atoms with Crippen LogP contribution >= 0.6 is 0 Å². The Balaban J connectivity index is 1.71. The zero-order chi connectivity index (χ0) is 23.1. The van der Waals surface area contributed by atoms with E-state index in [4.69, 9.17) is 15.7 Å². The third-order valence-corrected chi connectivity index (χ3v) is 6.32. The van der Waals surface area contributed by atoms with Crippen LogP contribution in [0.3, 0.4) is 0 Å². The number of carbonyl (C=O) groups is 1. The maximum atomic E-state index is 15.1. The lowest BCUT2D eigenvalue weighted by atomic mass is 9.67. The number of amides is 1. The summed E-state index contributed by atoms with van der Waals surface area (Å²) in [5.74, 6) is -1.12. The third kappa shape index (κ3) is 3.37. The molecule has 0 bridgehead atoms. The molecular weight excluding hydrogens is 411 g/mol. The van der Waals surface area contributed by atoms with Gasteiger partial charge in [-0.3, -0.25) is 9.79 Å². The summed E-state index contributed by atoms with van der Waals surface area (Å²) in [7, 11) is 0. The predicted octanol–water partition coefficient (Wildman–Crippen LogP) is 2.87. The van der Waals surface area contributed by atoms with E-state index < -0.39 is 22.7 Å². The first-order valence-corrected chi connectivity index (χ1v) is 10.1. The summed E-state index contributed by atoms with van der Waals surface area (Å²) >= 11 is 0. The molecule has 2 aromatic rings. The molecule has 9 heteroatoms. The first-order chi connectivity index (χ1) is 15.2. The molecule has 1 saturated heterocycles. The fraction of sp³-hybridized carbons (Fsp3) is 0.348. The Morgan fingerprint density at radius 2 is 2.12 bits per heavy atom. The molecule has 2 aliphatic heterocycles. The molecule has 0 aliphatic carbocycles. The number of hydrogen-bond acceptors (Lipinski definition) is 7. The number of rotatable bonds is 3. The molecule has 3 N–H and O–H groups in total. The number of fused-ring (bicyclic) bond motifs is 1. The average Bonchev–Trinajstić information content (AvgIpc) is 3.11. The summed E-state index contributed by atoms with van der Waals surface area (Å²) in [5, 5.41) is 21.2. The van der Waals surface area contributed by atoms with Crippen molar-refractivity contribution in [2.24, 2.45) is 22.1 Å². The molecule has 1 amide bonds. The number of nitrogens with two attached hydrogens (primary N) is 1. The van der Waals surface area contributed by atoms with Crippen molar-refractivity contribution in [3.05, 3.63) is 59.2 Å². The number of nitrogens with one attached hydrogen (secondary N) is 1. The van der Waals surface area contributed by atoms with Gasteiger partial charge >= 0.3 is 0 Å². The number of nitrogens with zero attached hydrogens (tertiary/aromatic N) is 4. The Bertz CT molecular complexity index is 1200. The molecule has 4 atom stereocenters. The monoisotopic (exact) mass is 432 g/mol. The highest BCUT2D eigenvalue weighted by atomic mass is 19.1. The third-order valence-electron chi connectivity index (χ3n) is 6.32. The maximum absolute atomic E-state index is 15.1. The van der Waals surface area contributed by atoms with Gasteiger partial charge in [-0.2, -0.15) is 10.5 Å². The molecule has 4 rings (SSSR count). The number of anilines is 1. The first-order valence-electron chi connectivity index (χ1n) is 10.1. The van der Waals surface area contributed by atoms with Gasteiger partial charge in [-0.25, -0.2) is 9.37 Å².